The van der Waals surface area contributed by atoms with Gasteiger partial charge in [0, 0.05) is 0 Å². The molecule has 0 aliphatic heterocycles. The lowest BCUT2D eigenvalue weighted by Crippen LogP contribution is -2.16. The zero-order valence-corrected chi connectivity index (χ0v) is 9.54. The van der Waals surface area contributed by atoms with Crippen molar-refractivity contribution in [2.75, 3.05) is 20.8 Å². The van der Waals surface area contributed by atoms with Crippen LogP contribution in [0.1, 0.15) is 11.6 Å². The van der Waals surface area contributed by atoms with Gasteiger partial charge in [0.2, 0.25) is 0 Å². The number of ether oxygens (including phenoxy) is 2. The van der Waals surface area contributed by atoms with Gasteiger partial charge in [0.05, 0.1) is 43.4 Å². The third kappa shape index (κ3) is 2.63. The van der Waals surface area contributed by atoms with Crippen molar-refractivity contribution >= 4 is 5.69 Å². The van der Waals surface area contributed by atoms with E-state index in [1.54, 1.807) is 0 Å². The van der Waals surface area contributed by atoms with Crippen molar-refractivity contribution in [2.45, 2.75) is 6.04 Å². The Morgan fingerprint density at radius 2 is 1.94 bits per heavy atom. The summed E-state index contributed by atoms with van der Waals surface area (Å²) in [5.41, 5.74) is 5.60. The molecule has 0 aliphatic carbocycles. The van der Waals surface area contributed by atoms with Crippen LogP contribution in [0, 0.1) is 10.1 Å². The molecule has 0 saturated carbocycles. The number of nitrogens with two attached hydrogens (primary N) is 1. The van der Waals surface area contributed by atoms with E-state index in [0.29, 0.717) is 5.75 Å². The Balaban J connectivity index is 3.40. The fraction of sp³-hybridized carbons (Fsp3) is 0.400. The summed E-state index contributed by atoms with van der Waals surface area (Å²) in [6.07, 6.45) is 0. The number of benzene rings is 1. The monoisotopic (exact) mass is 242 g/mol. The maximum atomic E-state index is 10.9. The van der Waals surface area contributed by atoms with Crippen molar-refractivity contribution in [1.29, 1.82) is 0 Å². The summed E-state index contributed by atoms with van der Waals surface area (Å²) in [4.78, 5) is 10.3. The van der Waals surface area contributed by atoms with E-state index < -0.39 is 17.6 Å². The van der Waals surface area contributed by atoms with E-state index in [-0.39, 0.29) is 17.0 Å². The Morgan fingerprint density at radius 1 is 1.41 bits per heavy atom. The van der Waals surface area contributed by atoms with Crippen molar-refractivity contribution in [1.82, 2.24) is 0 Å². The van der Waals surface area contributed by atoms with E-state index in [9.17, 15) is 10.1 Å². The van der Waals surface area contributed by atoms with Gasteiger partial charge in [0.15, 0.2) is 11.5 Å². The Morgan fingerprint density at radius 3 is 2.35 bits per heavy atom. The topological polar surface area (TPSA) is 108 Å². The highest BCUT2D eigenvalue weighted by Gasteiger charge is 2.23. The molecule has 94 valence electrons. The lowest BCUT2D eigenvalue weighted by molar-refractivity contribution is -0.385. The molecule has 0 heterocycles. The molecule has 0 aromatic heterocycles. The van der Waals surface area contributed by atoms with E-state index in [0.717, 1.165) is 0 Å². The normalized spacial score (nSPS) is 12.0. The summed E-state index contributed by atoms with van der Waals surface area (Å²) in [5, 5.41) is 19.8. The third-order valence-electron chi connectivity index (χ3n) is 2.33. The highest BCUT2D eigenvalue weighted by molar-refractivity contribution is 5.55. The van der Waals surface area contributed by atoms with Crippen LogP contribution in [0.2, 0.25) is 0 Å². The van der Waals surface area contributed by atoms with Gasteiger partial charge < -0.3 is 20.3 Å². The van der Waals surface area contributed by atoms with Crippen LogP contribution in [0.5, 0.6) is 11.5 Å². The largest absolute Gasteiger partial charge is 0.493 e. The van der Waals surface area contributed by atoms with Crippen molar-refractivity contribution in [3.63, 3.8) is 0 Å². The molecule has 1 rings (SSSR count). The predicted molar refractivity (Wildman–Crippen MR) is 60.2 cm³/mol. The molecule has 0 aliphatic rings. The van der Waals surface area contributed by atoms with Gasteiger partial charge in [-0.15, -0.1) is 0 Å². The average molecular weight is 242 g/mol. The molecule has 17 heavy (non-hydrogen) atoms. The highest BCUT2D eigenvalue weighted by Crippen LogP contribution is 2.36. The predicted octanol–water partition coefficient (Wildman–Crippen LogP) is 0.604. The summed E-state index contributed by atoms with van der Waals surface area (Å²) in [6, 6.07) is 1.79. The van der Waals surface area contributed by atoms with Crippen LogP contribution in [-0.2, 0) is 0 Å². The van der Waals surface area contributed by atoms with Crippen molar-refractivity contribution in [3.8, 4) is 11.5 Å². The van der Waals surface area contributed by atoms with Crippen LogP contribution in [0.15, 0.2) is 12.1 Å². The summed E-state index contributed by atoms with van der Waals surface area (Å²) in [6.45, 7) is -0.393. The van der Waals surface area contributed by atoms with Crippen LogP contribution < -0.4 is 15.2 Å². The van der Waals surface area contributed by atoms with Gasteiger partial charge in [-0.05, 0) is 6.07 Å². The number of hydrogen-bond acceptors (Lipinski definition) is 6. The number of nitrogens with zero attached hydrogens (tertiary/aromatic N) is 1. The van der Waals surface area contributed by atoms with Crippen molar-refractivity contribution < 1.29 is 19.5 Å². The van der Waals surface area contributed by atoms with Gasteiger partial charge in [-0.2, -0.15) is 0 Å². The SMILES string of the molecule is COc1cc(C(N)CO)c([N+](=O)[O-])cc1OC. The van der Waals surface area contributed by atoms with Crippen LogP contribution in [-0.4, -0.2) is 30.9 Å². The fourth-order valence-corrected chi connectivity index (χ4v) is 1.44. The van der Waals surface area contributed by atoms with Crippen LogP contribution in [0.3, 0.4) is 0 Å². The second kappa shape index (κ2) is 5.46. The lowest BCUT2D eigenvalue weighted by Gasteiger charge is -2.13. The quantitative estimate of drug-likeness (QED) is 0.578. The van der Waals surface area contributed by atoms with E-state index in [4.69, 9.17) is 20.3 Å². The second-order valence-electron chi connectivity index (χ2n) is 3.31. The molecule has 0 saturated heterocycles. The number of hydrogen-bond donors (Lipinski definition) is 2. The average Bonchev–Trinajstić information content (AvgIpc) is 2.35. The summed E-state index contributed by atoms with van der Waals surface area (Å²) in [5.74, 6) is 0.574. The number of nitro benzene ring substituents is 1. The molecule has 0 amide bonds. The maximum Gasteiger partial charge on any atom is 0.278 e. The zero-order chi connectivity index (χ0) is 13.0. The molecule has 1 unspecified atom stereocenters. The Kier molecular flexibility index (Phi) is 4.24. The van der Waals surface area contributed by atoms with E-state index in [1.807, 2.05) is 0 Å². The van der Waals surface area contributed by atoms with E-state index in [2.05, 4.69) is 0 Å². The molecule has 0 radical (unpaired) electrons. The molecule has 0 bridgehead atoms. The first-order valence-corrected chi connectivity index (χ1v) is 4.81. The van der Waals surface area contributed by atoms with Gasteiger partial charge in [0.1, 0.15) is 0 Å². The fourth-order valence-electron chi connectivity index (χ4n) is 1.44. The lowest BCUT2D eigenvalue weighted by atomic mass is 10.1. The molecule has 7 nitrogen and oxygen atoms in total. The Hall–Kier alpha value is -1.86. The molecule has 7 heteroatoms. The first kappa shape index (κ1) is 13.2. The van der Waals surface area contributed by atoms with Crippen LogP contribution >= 0.6 is 0 Å². The molecule has 1 aromatic rings. The maximum absolute atomic E-state index is 10.9. The van der Waals surface area contributed by atoms with Crippen LogP contribution in [0.4, 0.5) is 5.69 Å². The minimum absolute atomic E-state index is 0.204. The third-order valence-corrected chi connectivity index (χ3v) is 2.33. The number of aliphatic hydroxyl groups is 1. The van der Waals surface area contributed by atoms with Gasteiger partial charge in [0.25, 0.3) is 5.69 Å². The molecule has 1 aromatic carbocycles. The second-order valence-corrected chi connectivity index (χ2v) is 3.31. The molecular formula is C10H14N2O5. The van der Waals surface area contributed by atoms with E-state index >= 15 is 0 Å². The molecule has 3 N–H and O–H groups in total. The smallest absolute Gasteiger partial charge is 0.278 e. The minimum atomic E-state index is -0.838. The van der Waals surface area contributed by atoms with Crippen molar-refractivity contribution in [2.24, 2.45) is 5.73 Å². The number of nitro groups is 1. The molecular weight excluding hydrogens is 228 g/mol. The van der Waals surface area contributed by atoms with Gasteiger partial charge in [-0.3, -0.25) is 10.1 Å². The number of methoxy groups -OCH3 is 2. The highest BCUT2D eigenvalue weighted by atomic mass is 16.6. The van der Waals surface area contributed by atoms with E-state index in [1.165, 1.54) is 26.4 Å². The number of aliphatic hydroxyl groups excluding tert-OH is 1. The number of rotatable bonds is 5. The van der Waals surface area contributed by atoms with Gasteiger partial charge in [-0.1, -0.05) is 0 Å². The molecule has 1 atom stereocenters. The Labute approximate surface area is 97.9 Å². The van der Waals surface area contributed by atoms with Crippen molar-refractivity contribution in [3.05, 3.63) is 27.8 Å². The Bertz CT molecular complexity index is 421. The summed E-state index contributed by atoms with van der Waals surface area (Å²) in [7, 11) is 2.80. The zero-order valence-electron chi connectivity index (χ0n) is 9.54. The van der Waals surface area contributed by atoms with Gasteiger partial charge in [-0.25, -0.2) is 0 Å². The van der Waals surface area contributed by atoms with Gasteiger partial charge >= 0.3 is 0 Å². The molecule has 0 fully saturated rings. The van der Waals surface area contributed by atoms with Crippen LogP contribution in [0.25, 0.3) is 0 Å². The summed E-state index contributed by atoms with van der Waals surface area (Å²) < 4.78 is 9.98. The first-order valence-electron chi connectivity index (χ1n) is 4.81. The molecule has 0 spiro atoms. The first-order chi connectivity index (χ1) is 8.04. The standard InChI is InChI=1S/C10H14N2O5/c1-16-9-3-6(7(11)5-13)8(12(14)15)4-10(9)17-2/h3-4,7,13H,5,11H2,1-2H3. The minimum Gasteiger partial charge on any atom is -0.493 e. The summed E-state index contributed by atoms with van der Waals surface area (Å²) >= 11 is 0.